The Morgan fingerprint density at radius 2 is 1.94 bits per heavy atom. The van der Waals surface area contributed by atoms with E-state index in [2.05, 4.69) is 12.1 Å². The second-order valence-electron chi connectivity index (χ2n) is 3.75. The molecule has 0 unspecified atom stereocenters. The monoisotopic (exact) mass is 211 g/mol. The summed E-state index contributed by atoms with van der Waals surface area (Å²) < 4.78 is 0. The molecule has 0 fully saturated rings. The lowest BCUT2D eigenvalue weighted by Crippen LogP contribution is -2.05. The van der Waals surface area contributed by atoms with E-state index in [0.29, 0.717) is 0 Å². The summed E-state index contributed by atoms with van der Waals surface area (Å²) in [6.07, 6.45) is 3.18. The first kappa shape index (κ1) is 10.4. The highest BCUT2D eigenvalue weighted by Crippen LogP contribution is 2.23. The fourth-order valence-corrected chi connectivity index (χ4v) is 1.79. The van der Waals surface area contributed by atoms with Gasteiger partial charge >= 0.3 is 0 Å². The van der Waals surface area contributed by atoms with Crippen molar-refractivity contribution < 1.29 is 4.79 Å². The van der Waals surface area contributed by atoms with Crippen LogP contribution >= 0.6 is 0 Å². The molecule has 2 N–H and O–H groups in total. The fraction of sp³-hybridized carbons (Fsp3) is 0.0714. The van der Waals surface area contributed by atoms with E-state index >= 15 is 0 Å². The van der Waals surface area contributed by atoms with Crippen molar-refractivity contribution >= 4 is 22.8 Å². The number of rotatable bonds is 2. The highest BCUT2D eigenvalue weighted by atomic mass is 16.1. The smallest absolute Gasteiger partial charge is 0.241 e. The number of hydrogen-bond donors (Lipinski definition) is 1. The van der Waals surface area contributed by atoms with Crippen molar-refractivity contribution in [2.75, 3.05) is 0 Å². The molecule has 80 valence electrons. The molecule has 0 aliphatic carbocycles. The van der Waals surface area contributed by atoms with Crippen LogP contribution < -0.4 is 5.73 Å². The van der Waals surface area contributed by atoms with E-state index in [0.717, 1.165) is 21.9 Å². The number of primary amides is 1. The van der Waals surface area contributed by atoms with Gasteiger partial charge in [0.1, 0.15) is 0 Å². The lowest BCUT2D eigenvalue weighted by Gasteiger charge is -2.05. The minimum atomic E-state index is -0.424. The Balaban J connectivity index is 2.66. The molecular formula is C14H13NO. The van der Waals surface area contributed by atoms with Crippen LogP contribution in [0, 0.1) is 6.92 Å². The van der Waals surface area contributed by atoms with Crippen LogP contribution in [0.3, 0.4) is 0 Å². The van der Waals surface area contributed by atoms with E-state index < -0.39 is 5.91 Å². The van der Waals surface area contributed by atoms with Crippen molar-refractivity contribution in [2.24, 2.45) is 5.73 Å². The topological polar surface area (TPSA) is 43.1 Å². The molecule has 0 heterocycles. The largest absolute Gasteiger partial charge is 0.366 e. The first-order valence-electron chi connectivity index (χ1n) is 5.14. The first-order valence-corrected chi connectivity index (χ1v) is 5.14. The maximum absolute atomic E-state index is 10.8. The molecule has 2 aromatic rings. The van der Waals surface area contributed by atoms with Crippen molar-refractivity contribution in [2.45, 2.75) is 6.92 Å². The van der Waals surface area contributed by atoms with E-state index in [1.807, 2.05) is 31.2 Å². The SMILES string of the molecule is Cc1ccc2ccccc2c1/C=C\C(N)=O. The van der Waals surface area contributed by atoms with Crippen molar-refractivity contribution in [3.05, 3.63) is 53.6 Å². The standard InChI is InChI=1S/C14H13NO/c1-10-6-7-11-4-2-3-5-13(11)12(10)8-9-14(15)16/h2-9H,1H3,(H2,15,16)/b9-8-. The van der Waals surface area contributed by atoms with Crippen LogP contribution in [-0.4, -0.2) is 5.91 Å². The van der Waals surface area contributed by atoms with Crippen molar-refractivity contribution in [3.8, 4) is 0 Å². The molecule has 0 spiro atoms. The predicted molar refractivity (Wildman–Crippen MR) is 66.9 cm³/mol. The highest BCUT2D eigenvalue weighted by molar-refractivity contribution is 5.96. The van der Waals surface area contributed by atoms with Crippen LogP contribution in [0.2, 0.25) is 0 Å². The maximum Gasteiger partial charge on any atom is 0.241 e. The minimum Gasteiger partial charge on any atom is -0.366 e. The Labute approximate surface area is 94.4 Å². The third-order valence-corrected chi connectivity index (χ3v) is 2.60. The summed E-state index contributed by atoms with van der Waals surface area (Å²) in [5.41, 5.74) is 7.30. The fourth-order valence-electron chi connectivity index (χ4n) is 1.79. The van der Waals surface area contributed by atoms with Gasteiger partial charge in [-0.15, -0.1) is 0 Å². The number of carbonyl (C=O) groups excluding carboxylic acids is 1. The normalized spacial score (nSPS) is 11.1. The summed E-state index contributed by atoms with van der Waals surface area (Å²) in [5, 5.41) is 2.30. The van der Waals surface area contributed by atoms with Crippen LogP contribution in [0.4, 0.5) is 0 Å². The molecule has 0 saturated heterocycles. The molecule has 0 atom stereocenters. The van der Waals surface area contributed by atoms with Crippen molar-refractivity contribution in [3.63, 3.8) is 0 Å². The zero-order valence-electron chi connectivity index (χ0n) is 9.10. The number of hydrogen-bond acceptors (Lipinski definition) is 1. The Morgan fingerprint density at radius 1 is 1.19 bits per heavy atom. The van der Waals surface area contributed by atoms with Gasteiger partial charge in [0.25, 0.3) is 0 Å². The molecule has 2 rings (SSSR count). The van der Waals surface area contributed by atoms with Crippen molar-refractivity contribution in [1.82, 2.24) is 0 Å². The molecule has 0 saturated carbocycles. The Hall–Kier alpha value is -2.09. The second kappa shape index (κ2) is 4.19. The van der Waals surface area contributed by atoms with Crippen LogP contribution in [0.5, 0.6) is 0 Å². The molecule has 16 heavy (non-hydrogen) atoms. The molecule has 2 aromatic carbocycles. The van der Waals surface area contributed by atoms with Crippen LogP contribution in [-0.2, 0) is 4.79 Å². The predicted octanol–water partition coefficient (Wildman–Crippen LogP) is 2.65. The molecule has 0 aliphatic heterocycles. The first-order chi connectivity index (χ1) is 7.68. The average Bonchev–Trinajstić information content (AvgIpc) is 2.27. The van der Waals surface area contributed by atoms with Crippen LogP contribution in [0.25, 0.3) is 16.8 Å². The Bertz CT molecular complexity index is 570. The number of amides is 1. The van der Waals surface area contributed by atoms with Crippen molar-refractivity contribution in [1.29, 1.82) is 0 Å². The van der Waals surface area contributed by atoms with E-state index in [9.17, 15) is 4.79 Å². The summed E-state index contributed by atoms with van der Waals surface area (Å²) in [7, 11) is 0. The summed E-state index contributed by atoms with van der Waals surface area (Å²) in [6.45, 7) is 2.02. The van der Waals surface area contributed by atoms with E-state index in [4.69, 9.17) is 5.73 Å². The lowest BCUT2D eigenvalue weighted by atomic mass is 9.99. The highest BCUT2D eigenvalue weighted by Gasteiger charge is 2.01. The van der Waals surface area contributed by atoms with E-state index in [1.54, 1.807) is 6.08 Å². The average molecular weight is 211 g/mol. The molecule has 0 bridgehead atoms. The lowest BCUT2D eigenvalue weighted by molar-refractivity contribution is -0.113. The van der Waals surface area contributed by atoms with Gasteiger partial charge < -0.3 is 5.73 Å². The quantitative estimate of drug-likeness (QED) is 0.762. The number of benzene rings is 2. The zero-order chi connectivity index (χ0) is 11.5. The number of fused-ring (bicyclic) bond motifs is 1. The van der Waals surface area contributed by atoms with Gasteiger partial charge in [0.15, 0.2) is 0 Å². The van der Waals surface area contributed by atoms with Gasteiger partial charge in [-0.2, -0.15) is 0 Å². The molecule has 1 amide bonds. The Kier molecular flexibility index (Phi) is 2.73. The van der Waals surface area contributed by atoms with Gasteiger partial charge in [-0.05, 0) is 34.9 Å². The number of carbonyl (C=O) groups is 1. The third kappa shape index (κ3) is 1.96. The number of aryl methyl sites for hydroxylation is 1. The zero-order valence-corrected chi connectivity index (χ0v) is 9.10. The molecule has 0 aliphatic rings. The minimum absolute atomic E-state index is 0.424. The van der Waals surface area contributed by atoms with Crippen LogP contribution in [0.1, 0.15) is 11.1 Å². The maximum atomic E-state index is 10.8. The molecule has 0 radical (unpaired) electrons. The van der Waals surface area contributed by atoms with Crippen LogP contribution in [0.15, 0.2) is 42.5 Å². The van der Waals surface area contributed by atoms with E-state index in [-0.39, 0.29) is 0 Å². The molecule has 2 nitrogen and oxygen atoms in total. The molecule has 2 heteroatoms. The van der Waals surface area contributed by atoms with Gasteiger partial charge in [-0.1, -0.05) is 36.4 Å². The van der Waals surface area contributed by atoms with Gasteiger partial charge in [0.05, 0.1) is 0 Å². The number of nitrogens with two attached hydrogens (primary N) is 1. The summed E-state index contributed by atoms with van der Waals surface area (Å²) in [6, 6.07) is 12.2. The van der Waals surface area contributed by atoms with E-state index in [1.165, 1.54) is 6.08 Å². The molecular weight excluding hydrogens is 198 g/mol. The van der Waals surface area contributed by atoms with Gasteiger partial charge in [0, 0.05) is 6.08 Å². The van der Waals surface area contributed by atoms with Gasteiger partial charge in [-0.3, -0.25) is 4.79 Å². The second-order valence-corrected chi connectivity index (χ2v) is 3.75. The summed E-state index contributed by atoms with van der Waals surface area (Å²) in [4.78, 5) is 10.8. The van der Waals surface area contributed by atoms with Gasteiger partial charge in [-0.25, -0.2) is 0 Å². The third-order valence-electron chi connectivity index (χ3n) is 2.60. The summed E-state index contributed by atoms with van der Waals surface area (Å²) in [5.74, 6) is -0.424. The summed E-state index contributed by atoms with van der Waals surface area (Å²) >= 11 is 0. The van der Waals surface area contributed by atoms with Gasteiger partial charge in [0.2, 0.25) is 5.91 Å². The Morgan fingerprint density at radius 3 is 2.69 bits per heavy atom. The molecule has 0 aromatic heterocycles.